The molecule has 1 saturated heterocycles. The van der Waals surface area contributed by atoms with Crippen molar-refractivity contribution < 1.29 is 27.2 Å². The fourth-order valence-corrected chi connectivity index (χ4v) is 4.30. The number of hydrogen-bond donors (Lipinski definition) is 2. The molecule has 9 heteroatoms. The van der Waals surface area contributed by atoms with Gasteiger partial charge in [-0.15, -0.1) is 0 Å². The van der Waals surface area contributed by atoms with E-state index in [0.717, 1.165) is 30.5 Å². The van der Waals surface area contributed by atoms with Gasteiger partial charge >= 0.3 is 12.2 Å². The summed E-state index contributed by atoms with van der Waals surface area (Å²) in [6, 6.07) is 9.00. The van der Waals surface area contributed by atoms with Crippen LogP contribution in [0.4, 0.5) is 22.4 Å². The Balaban J connectivity index is 1.70. The quantitative estimate of drug-likeness (QED) is 0.382. The van der Waals surface area contributed by atoms with Crippen molar-refractivity contribution >= 4 is 11.9 Å². The van der Waals surface area contributed by atoms with Gasteiger partial charge in [-0.1, -0.05) is 37.6 Å². The summed E-state index contributed by atoms with van der Waals surface area (Å²) in [6.07, 6.45) is -1.72. The van der Waals surface area contributed by atoms with Gasteiger partial charge in [-0.25, -0.2) is 9.18 Å². The van der Waals surface area contributed by atoms with Crippen molar-refractivity contribution in [3.8, 4) is 0 Å². The number of piperidine rings is 1. The highest BCUT2D eigenvalue weighted by molar-refractivity contribution is 5.81. The van der Waals surface area contributed by atoms with E-state index in [9.17, 15) is 27.2 Å². The Morgan fingerprint density at radius 3 is 2.54 bits per heavy atom. The highest BCUT2D eigenvalue weighted by atomic mass is 19.4. The van der Waals surface area contributed by atoms with Crippen molar-refractivity contribution in [1.29, 1.82) is 0 Å². The van der Waals surface area contributed by atoms with Crippen LogP contribution in [0.2, 0.25) is 0 Å². The van der Waals surface area contributed by atoms with E-state index in [4.69, 9.17) is 0 Å². The zero-order chi connectivity index (χ0) is 25.6. The zero-order valence-corrected chi connectivity index (χ0v) is 19.9. The Morgan fingerprint density at radius 2 is 1.86 bits per heavy atom. The van der Waals surface area contributed by atoms with Gasteiger partial charge in [0.1, 0.15) is 5.82 Å². The molecule has 0 saturated carbocycles. The summed E-state index contributed by atoms with van der Waals surface area (Å²) in [5.41, 5.74) is 0.860. The summed E-state index contributed by atoms with van der Waals surface area (Å²) in [5, 5.41) is 5.61. The number of amides is 3. The van der Waals surface area contributed by atoms with Crippen molar-refractivity contribution in [1.82, 2.24) is 15.5 Å². The fourth-order valence-electron chi connectivity index (χ4n) is 4.30. The van der Waals surface area contributed by atoms with Crippen LogP contribution in [0.1, 0.15) is 60.9 Å². The van der Waals surface area contributed by atoms with E-state index in [1.807, 2.05) is 6.92 Å². The van der Waals surface area contributed by atoms with Crippen LogP contribution in [0.25, 0.3) is 0 Å². The van der Waals surface area contributed by atoms with Crippen LogP contribution in [0.5, 0.6) is 0 Å². The van der Waals surface area contributed by atoms with Gasteiger partial charge in [-0.2, -0.15) is 13.2 Å². The number of carbonyl (C=O) groups excluding carboxylic acids is 2. The Hall–Kier alpha value is -3.10. The minimum atomic E-state index is -4.46. The molecule has 0 radical (unpaired) electrons. The van der Waals surface area contributed by atoms with E-state index < -0.39 is 17.7 Å². The summed E-state index contributed by atoms with van der Waals surface area (Å²) in [7, 11) is 0. The lowest BCUT2D eigenvalue weighted by Crippen LogP contribution is -2.50. The normalized spacial score (nSPS) is 18.3. The molecule has 5 nitrogen and oxygen atoms in total. The molecule has 2 aromatic carbocycles. The molecule has 2 atom stereocenters. The van der Waals surface area contributed by atoms with E-state index >= 15 is 0 Å². The lowest BCUT2D eigenvalue weighted by atomic mass is 9.88. The monoisotopic (exact) mass is 493 g/mol. The Bertz CT molecular complexity index is 1040. The third-order valence-electron chi connectivity index (χ3n) is 6.31. The van der Waals surface area contributed by atoms with Crippen LogP contribution in [-0.4, -0.2) is 29.9 Å². The topological polar surface area (TPSA) is 61.4 Å². The van der Waals surface area contributed by atoms with Crippen LogP contribution in [0.15, 0.2) is 42.5 Å². The molecule has 3 rings (SSSR count). The van der Waals surface area contributed by atoms with Crippen molar-refractivity contribution in [2.24, 2.45) is 5.92 Å². The van der Waals surface area contributed by atoms with Crippen LogP contribution in [0, 0.1) is 18.7 Å². The predicted molar refractivity (Wildman–Crippen MR) is 125 cm³/mol. The summed E-state index contributed by atoms with van der Waals surface area (Å²) < 4.78 is 52.7. The predicted octanol–water partition coefficient (Wildman–Crippen LogP) is 5.73. The zero-order valence-electron chi connectivity index (χ0n) is 19.9. The largest absolute Gasteiger partial charge is 0.416 e. The first-order valence-corrected chi connectivity index (χ1v) is 11.8. The molecule has 0 unspecified atom stereocenters. The molecule has 3 amide bonds. The number of unbranched alkanes of at least 4 members (excludes halogenated alkanes) is 1. The van der Waals surface area contributed by atoms with E-state index in [1.54, 1.807) is 24.0 Å². The molecule has 0 bridgehead atoms. The number of aryl methyl sites for hydroxylation is 1. The van der Waals surface area contributed by atoms with Crippen LogP contribution < -0.4 is 10.6 Å². The van der Waals surface area contributed by atoms with Gasteiger partial charge in [0.25, 0.3) is 0 Å². The van der Waals surface area contributed by atoms with Gasteiger partial charge in [-0.05, 0) is 61.1 Å². The standard InChI is InChI=1S/C26H31F4N3O2/c1-3-4-12-31-25(35)33-16-20(9-11-23(33)19-8-10-22(27)17(2)13-19)24(34)32-15-18-6-5-7-21(14-18)26(28,29)30/h5-8,10,13-14,20,23H,3-4,9,11-12,15-16H2,1-2H3,(H,31,35)(H,32,34)/t20-,23-/m1/s1. The summed E-state index contributed by atoms with van der Waals surface area (Å²) >= 11 is 0. The first-order valence-electron chi connectivity index (χ1n) is 11.8. The van der Waals surface area contributed by atoms with Gasteiger partial charge < -0.3 is 15.5 Å². The van der Waals surface area contributed by atoms with E-state index in [0.29, 0.717) is 30.5 Å². The Kier molecular flexibility index (Phi) is 8.75. The van der Waals surface area contributed by atoms with Gasteiger partial charge in [0, 0.05) is 19.6 Å². The van der Waals surface area contributed by atoms with Gasteiger partial charge in [0.2, 0.25) is 5.91 Å². The van der Waals surface area contributed by atoms with Crippen LogP contribution in [-0.2, 0) is 17.5 Å². The third-order valence-corrected chi connectivity index (χ3v) is 6.31. The van der Waals surface area contributed by atoms with Crippen molar-refractivity contribution in [3.05, 3.63) is 70.5 Å². The maximum atomic E-state index is 13.8. The number of nitrogens with zero attached hydrogens (tertiary/aromatic N) is 1. The van der Waals surface area contributed by atoms with Crippen molar-refractivity contribution in [2.45, 2.75) is 58.3 Å². The van der Waals surface area contributed by atoms with Gasteiger partial charge in [0.15, 0.2) is 0 Å². The molecule has 190 valence electrons. The molecular formula is C26H31F4N3O2. The number of halogens is 4. The second kappa shape index (κ2) is 11.6. The molecule has 1 heterocycles. The first-order chi connectivity index (χ1) is 16.6. The fraction of sp³-hybridized carbons (Fsp3) is 0.462. The summed E-state index contributed by atoms with van der Waals surface area (Å²) in [4.78, 5) is 27.5. The highest BCUT2D eigenvalue weighted by Gasteiger charge is 2.36. The second-order valence-corrected chi connectivity index (χ2v) is 8.95. The number of carbonyl (C=O) groups is 2. The molecule has 2 aromatic rings. The number of urea groups is 1. The average Bonchev–Trinajstić information content (AvgIpc) is 2.83. The number of hydrogen-bond acceptors (Lipinski definition) is 2. The number of alkyl halides is 3. The molecule has 1 aliphatic heterocycles. The minimum Gasteiger partial charge on any atom is -0.352 e. The minimum absolute atomic E-state index is 0.0392. The molecule has 1 fully saturated rings. The Labute approximate surface area is 202 Å². The van der Waals surface area contributed by atoms with Crippen molar-refractivity contribution in [2.75, 3.05) is 13.1 Å². The van der Waals surface area contributed by atoms with Crippen LogP contribution in [0.3, 0.4) is 0 Å². The van der Waals surface area contributed by atoms with E-state index in [-0.39, 0.29) is 36.9 Å². The molecule has 2 N–H and O–H groups in total. The summed E-state index contributed by atoms with van der Waals surface area (Å²) in [6.45, 7) is 4.31. The number of rotatable bonds is 7. The Morgan fingerprint density at radius 1 is 1.09 bits per heavy atom. The SMILES string of the molecule is CCCCNC(=O)N1C[C@H](C(=O)NCc2cccc(C(F)(F)F)c2)CC[C@@H]1c1ccc(F)c(C)c1. The maximum Gasteiger partial charge on any atom is 0.416 e. The molecular weight excluding hydrogens is 462 g/mol. The van der Waals surface area contributed by atoms with E-state index in [2.05, 4.69) is 10.6 Å². The number of likely N-dealkylation sites (tertiary alicyclic amines) is 1. The van der Waals surface area contributed by atoms with Crippen molar-refractivity contribution in [3.63, 3.8) is 0 Å². The smallest absolute Gasteiger partial charge is 0.352 e. The van der Waals surface area contributed by atoms with E-state index in [1.165, 1.54) is 18.2 Å². The lowest BCUT2D eigenvalue weighted by Gasteiger charge is -2.39. The van der Waals surface area contributed by atoms with Gasteiger partial charge in [0.05, 0.1) is 17.5 Å². The number of nitrogens with one attached hydrogen (secondary N) is 2. The summed E-state index contributed by atoms with van der Waals surface area (Å²) in [5.74, 6) is -1.15. The van der Waals surface area contributed by atoms with Crippen LogP contribution >= 0.6 is 0 Å². The lowest BCUT2D eigenvalue weighted by molar-refractivity contribution is -0.137. The highest BCUT2D eigenvalue weighted by Crippen LogP contribution is 2.34. The third kappa shape index (κ3) is 6.96. The molecule has 0 aliphatic carbocycles. The average molecular weight is 494 g/mol. The molecule has 1 aliphatic rings. The number of benzene rings is 2. The second-order valence-electron chi connectivity index (χ2n) is 8.95. The van der Waals surface area contributed by atoms with Gasteiger partial charge in [-0.3, -0.25) is 4.79 Å². The maximum absolute atomic E-state index is 13.8. The first kappa shape index (κ1) is 26.5. The molecule has 35 heavy (non-hydrogen) atoms. The molecule has 0 aromatic heterocycles. The molecule has 0 spiro atoms.